The van der Waals surface area contributed by atoms with Crippen molar-refractivity contribution in [3.63, 3.8) is 0 Å². The van der Waals surface area contributed by atoms with E-state index < -0.39 is 9.84 Å². The maximum absolute atomic E-state index is 13.4. The molecule has 0 amide bonds. The molecular formula is C24H30N4O2S. The van der Waals surface area contributed by atoms with Gasteiger partial charge in [0, 0.05) is 0 Å². The van der Waals surface area contributed by atoms with Crippen molar-refractivity contribution in [3.8, 4) is 0 Å². The molecule has 1 saturated heterocycles. The highest BCUT2D eigenvalue weighted by Crippen LogP contribution is 2.27. The van der Waals surface area contributed by atoms with Crippen LogP contribution in [-0.4, -0.2) is 29.7 Å². The smallest absolute Gasteiger partial charge is 0.250 e. The minimum atomic E-state index is -3.66. The molecular weight excluding hydrogens is 408 g/mol. The van der Waals surface area contributed by atoms with Gasteiger partial charge in [0.15, 0.2) is 5.82 Å². The highest BCUT2D eigenvalue weighted by molar-refractivity contribution is 7.90. The zero-order valence-corrected chi connectivity index (χ0v) is 19.2. The lowest BCUT2D eigenvalue weighted by Crippen LogP contribution is -2.21. The summed E-state index contributed by atoms with van der Waals surface area (Å²) in [5.74, 6) is 0.602. The number of aromatic nitrogens is 3. The van der Waals surface area contributed by atoms with E-state index in [1.165, 1.54) is 5.56 Å². The largest absolute Gasteiger partial charge is 0.307 e. The van der Waals surface area contributed by atoms with E-state index in [-0.39, 0.29) is 22.4 Å². The standard InChI is InChI=1S/C24H30N4O2S/c1-24(2,3)20-13-11-19(12-14-20)17-31(29,30)23-27-26-22(21-10-7-15-25-21)28(23)16-18-8-5-4-6-9-18/h4-6,8-9,11-14,21,25H,7,10,15-17H2,1-3H3. The molecule has 4 rings (SSSR count). The van der Waals surface area contributed by atoms with Crippen LogP contribution in [0, 0.1) is 0 Å². The number of benzene rings is 2. The van der Waals surface area contributed by atoms with Crippen LogP contribution in [0.2, 0.25) is 0 Å². The molecule has 0 saturated carbocycles. The van der Waals surface area contributed by atoms with Crippen LogP contribution in [0.15, 0.2) is 59.8 Å². The quantitative estimate of drug-likeness (QED) is 0.629. The van der Waals surface area contributed by atoms with Gasteiger partial charge in [-0.1, -0.05) is 75.4 Å². The average Bonchev–Trinajstić information content (AvgIpc) is 3.38. The molecule has 0 radical (unpaired) electrons. The Hall–Kier alpha value is -2.51. The molecule has 1 aliphatic rings. The van der Waals surface area contributed by atoms with E-state index in [1.807, 2.05) is 54.6 Å². The Kier molecular flexibility index (Phi) is 5.99. The monoisotopic (exact) mass is 438 g/mol. The van der Waals surface area contributed by atoms with Crippen molar-refractivity contribution in [1.29, 1.82) is 0 Å². The van der Waals surface area contributed by atoms with E-state index in [0.29, 0.717) is 12.4 Å². The number of hydrogen-bond acceptors (Lipinski definition) is 5. The third kappa shape index (κ3) is 4.88. The van der Waals surface area contributed by atoms with Crippen LogP contribution in [0.5, 0.6) is 0 Å². The molecule has 0 spiro atoms. The Labute approximate surface area is 184 Å². The van der Waals surface area contributed by atoms with Crippen molar-refractivity contribution in [2.24, 2.45) is 0 Å². The molecule has 31 heavy (non-hydrogen) atoms. The summed E-state index contributed by atoms with van der Waals surface area (Å²) in [5, 5.41) is 11.9. The molecule has 7 heteroatoms. The van der Waals surface area contributed by atoms with Crippen molar-refractivity contribution in [2.45, 2.75) is 62.5 Å². The summed E-state index contributed by atoms with van der Waals surface area (Å²) in [6.07, 6.45) is 1.98. The van der Waals surface area contributed by atoms with Gasteiger partial charge in [0.2, 0.25) is 15.0 Å². The van der Waals surface area contributed by atoms with E-state index in [0.717, 1.165) is 30.5 Å². The van der Waals surface area contributed by atoms with E-state index in [9.17, 15) is 8.42 Å². The fourth-order valence-electron chi connectivity index (χ4n) is 3.99. The Balaban J connectivity index is 1.67. The molecule has 0 bridgehead atoms. The molecule has 2 aromatic carbocycles. The first-order chi connectivity index (χ1) is 14.7. The first kappa shape index (κ1) is 21.7. The summed E-state index contributed by atoms with van der Waals surface area (Å²) in [4.78, 5) is 0. The lowest BCUT2D eigenvalue weighted by atomic mass is 9.87. The minimum Gasteiger partial charge on any atom is -0.307 e. The fraction of sp³-hybridized carbons (Fsp3) is 0.417. The number of rotatable bonds is 6. The van der Waals surface area contributed by atoms with Crippen LogP contribution in [0.25, 0.3) is 0 Å². The van der Waals surface area contributed by atoms with Crippen molar-refractivity contribution in [1.82, 2.24) is 20.1 Å². The number of nitrogens with zero attached hydrogens (tertiary/aromatic N) is 3. The molecule has 0 aliphatic carbocycles. The van der Waals surface area contributed by atoms with Gasteiger partial charge in [-0.2, -0.15) is 0 Å². The molecule has 1 N–H and O–H groups in total. The lowest BCUT2D eigenvalue weighted by Gasteiger charge is -2.19. The number of sulfone groups is 1. The van der Waals surface area contributed by atoms with Gasteiger partial charge in [0.1, 0.15) is 0 Å². The predicted octanol–water partition coefficient (Wildman–Crippen LogP) is 4.02. The Bertz CT molecular complexity index is 1120. The SMILES string of the molecule is CC(C)(C)c1ccc(CS(=O)(=O)c2nnc(C3CCCN3)n2Cc2ccccc2)cc1. The second-order valence-electron chi connectivity index (χ2n) is 9.27. The minimum absolute atomic E-state index is 0.0243. The molecule has 164 valence electrons. The van der Waals surface area contributed by atoms with Gasteiger partial charge >= 0.3 is 0 Å². The molecule has 1 aromatic heterocycles. The number of hydrogen-bond donors (Lipinski definition) is 1. The first-order valence-corrected chi connectivity index (χ1v) is 12.4. The summed E-state index contributed by atoms with van der Waals surface area (Å²) in [7, 11) is -3.66. The van der Waals surface area contributed by atoms with Gasteiger partial charge in [0.05, 0.1) is 18.3 Å². The summed E-state index contributed by atoms with van der Waals surface area (Å²) in [5.41, 5.74) is 2.97. The second-order valence-corrected chi connectivity index (χ2v) is 11.2. The highest BCUT2D eigenvalue weighted by atomic mass is 32.2. The summed E-state index contributed by atoms with van der Waals surface area (Å²) < 4.78 is 28.5. The number of nitrogens with one attached hydrogen (secondary N) is 1. The molecule has 1 atom stereocenters. The normalized spacial score (nSPS) is 17.2. The van der Waals surface area contributed by atoms with Crippen LogP contribution in [0.4, 0.5) is 0 Å². The Morgan fingerprint density at radius 2 is 1.71 bits per heavy atom. The van der Waals surface area contributed by atoms with Gasteiger partial charge in [-0.25, -0.2) is 8.42 Å². The third-order valence-corrected chi connectivity index (χ3v) is 7.33. The van der Waals surface area contributed by atoms with Crippen molar-refractivity contribution in [3.05, 3.63) is 77.1 Å². The van der Waals surface area contributed by atoms with E-state index in [4.69, 9.17) is 0 Å². The Morgan fingerprint density at radius 3 is 2.32 bits per heavy atom. The summed E-state index contributed by atoms with van der Waals surface area (Å²) in [6, 6.07) is 17.7. The summed E-state index contributed by atoms with van der Waals surface area (Å²) >= 11 is 0. The van der Waals surface area contributed by atoms with Gasteiger partial charge in [0.25, 0.3) is 0 Å². The predicted molar refractivity (Wildman–Crippen MR) is 122 cm³/mol. The van der Waals surface area contributed by atoms with Gasteiger partial charge < -0.3 is 5.32 Å². The maximum atomic E-state index is 13.4. The average molecular weight is 439 g/mol. The van der Waals surface area contributed by atoms with Gasteiger partial charge in [-0.15, -0.1) is 10.2 Å². The van der Waals surface area contributed by atoms with E-state index >= 15 is 0 Å². The highest BCUT2D eigenvalue weighted by Gasteiger charge is 2.30. The second kappa shape index (κ2) is 8.55. The topological polar surface area (TPSA) is 76.9 Å². The van der Waals surface area contributed by atoms with Crippen LogP contribution < -0.4 is 5.32 Å². The zero-order valence-electron chi connectivity index (χ0n) is 18.4. The molecule has 1 aliphatic heterocycles. The maximum Gasteiger partial charge on any atom is 0.250 e. The molecule has 6 nitrogen and oxygen atoms in total. The van der Waals surface area contributed by atoms with Crippen LogP contribution in [0.1, 0.15) is 62.2 Å². The van der Waals surface area contributed by atoms with Gasteiger partial charge in [-0.3, -0.25) is 4.57 Å². The molecule has 3 aromatic rings. The molecule has 2 heterocycles. The first-order valence-electron chi connectivity index (χ1n) is 10.8. The van der Waals surface area contributed by atoms with Crippen LogP contribution in [-0.2, 0) is 27.5 Å². The lowest BCUT2D eigenvalue weighted by molar-refractivity contribution is 0.535. The van der Waals surface area contributed by atoms with Gasteiger partial charge in [-0.05, 0) is 41.5 Å². The summed E-state index contributed by atoms with van der Waals surface area (Å²) in [6.45, 7) is 7.76. The van der Waals surface area contributed by atoms with Crippen molar-refractivity contribution in [2.75, 3.05) is 6.54 Å². The van der Waals surface area contributed by atoms with Crippen molar-refractivity contribution >= 4 is 9.84 Å². The molecule has 1 fully saturated rings. The van der Waals surface area contributed by atoms with E-state index in [2.05, 4.69) is 36.3 Å². The van der Waals surface area contributed by atoms with Crippen LogP contribution >= 0.6 is 0 Å². The zero-order chi connectivity index (χ0) is 22.1. The third-order valence-electron chi connectivity index (χ3n) is 5.76. The molecule has 1 unspecified atom stereocenters. The van der Waals surface area contributed by atoms with Crippen molar-refractivity contribution < 1.29 is 8.42 Å². The Morgan fingerprint density at radius 1 is 1.00 bits per heavy atom. The van der Waals surface area contributed by atoms with Crippen LogP contribution in [0.3, 0.4) is 0 Å². The fourth-order valence-corrected chi connectivity index (χ4v) is 5.41. The van der Waals surface area contributed by atoms with E-state index in [1.54, 1.807) is 4.57 Å².